The molecule has 1 spiro atoms. The highest BCUT2D eigenvalue weighted by atomic mass is 35.5. The van der Waals surface area contributed by atoms with Crippen LogP contribution >= 0.6 is 12.4 Å². The molecule has 2 aliphatic rings. The Morgan fingerprint density at radius 3 is 2.50 bits per heavy atom. The Labute approximate surface area is 146 Å². The van der Waals surface area contributed by atoms with Crippen molar-refractivity contribution in [1.29, 1.82) is 5.41 Å². The zero-order chi connectivity index (χ0) is 16.4. The summed E-state index contributed by atoms with van der Waals surface area (Å²) in [4.78, 5) is 18.2. The van der Waals surface area contributed by atoms with Crippen molar-refractivity contribution >= 4 is 29.9 Å². The van der Waals surface area contributed by atoms with E-state index in [2.05, 4.69) is 5.16 Å². The van der Waals surface area contributed by atoms with E-state index in [4.69, 9.17) is 16.0 Å². The molecular formula is C16H20ClN4O3-. The number of nitrogen functional groups attached to an aromatic ring is 1. The summed E-state index contributed by atoms with van der Waals surface area (Å²) in [5, 5.41) is 22.3. The second-order valence-electron chi connectivity index (χ2n) is 6.13. The van der Waals surface area contributed by atoms with Crippen LogP contribution in [0.2, 0.25) is 0 Å². The number of nitrogens with zero attached hydrogens (tertiary/aromatic N) is 2. The fraction of sp³-hybridized carbons (Fsp3) is 0.438. The average molecular weight is 352 g/mol. The molecule has 0 amide bonds. The van der Waals surface area contributed by atoms with Gasteiger partial charge in [0, 0.05) is 44.5 Å². The lowest BCUT2D eigenvalue weighted by molar-refractivity contribution is -0.306. The molecule has 1 aromatic rings. The summed E-state index contributed by atoms with van der Waals surface area (Å²) in [5.41, 5.74) is 7.66. The highest BCUT2D eigenvalue weighted by Gasteiger charge is 2.42. The molecule has 2 heterocycles. The van der Waals surface area contributed by atoms with Crippen LogP contribution in [0.3, 0.4) is 0 Å². The molecule has 7 nitrogen and oxygen atoms in total. The third kappa shape index (κ3) is 3.85. The van der Waals surface area contributed by atoms with Gasteiger partial charge in [-0.05, 0) is 5.56 Å². The maximum absolute atomic E-state index is 10.7. The monoisotopic (exact) mass is 351 g/mol. The molecule has 1 fully saturated rings. The zero-order valence-corrected chi connectivity index (χ0v) is 14.0. The Bertz CT molecular complexity index is 652. The standard InChI is InChI=1S/C16H20N4O3.ClH/c17-15(18)12-3-1-11(2-4-12)13-9-16(23-19-13)5-7-20(8-6-16)10-14(21)22;/h1-4H,5-10H2,(H3,17,18)(H,21,22);1H/p-1. The quantitative estimate of drug-likeness (QED) is 0.589. The zero-order valence-electron chi connectivity index (χ0n) is 13.2. The van der Waals surface area contributed by atoms with Crippen molar-refractivity contribution in [2.45, 2.75) is 24.9 Å². The van der Waals surface area contributed by atoms with Crippen molar-refractivity contribution in [1.82, 2.24) is 4.90 Å². The number of oxime groups is 1. The fourth-order valence-electron chi connectivity index (χ4n) is 3.09. The molecule has 1 aromatic carbocycles. The van der Waals surface area contributed by atoms with Crippen LogP contribution in [0, 0.1) is 5.41 Å². The number of carboxylic acids is 1. The molecule has 24 heavy (non-hydrogen) atoms. The van der Waals surface area contributed by atoms with Gasteiger partial charge in [0.25, 0.3) is 0 Å². The topological polar surface area (TPSA) is 115 Å². The van der Waals surface area contributed by atoms with E-state index in [9.17, 15) is 9.90 Å². The van der Waals surface area contributed by atoms with E-state index in [0.29, 0.717) is 25.1 Å². The van der Waals surface area contributed by atoms with E-state index in [1.807, 2.05) is 17.0 Å². The number of carbonyl (C=O) groups is 1. The van der Waals surface area contributed by atoms with Gasteiger partial charge in [-0.15, -0.1) is 12.4 Å². The number of hydrogen-bond acceptors (Lipinski definition) is 6. The second-order valence-corrected chi connectivity index (χ2v) is 6.13. The van der Waals surface area contributed by atoms with Crippen LogP contribution in [0.15, 0.2) is 29.4 Å². The van der Waals surface area contributed by atoms with E-state index in [1.165, 1.54) is 0 Å². The first-order valence-corrected chi connectivity index (χ1v) is 7.60. The van der Waals surface area contributed by atoms with Crippen LogP contribution in [0.1, 0.15) is 30.4 Å². The number of nitrogens with two attached hydrogens (primary N) is 1. The summed E-state index contributed by atoms with van der Waals surface area (Å²) in [5.74, 6) is -1.01. The first kappa shape index (κ1) is 18.2. The summed E-state index contributed by atoms with van der Waals surface area (Å²) in [6.07, 6.45) is 2.21. The summed E-state index contributed by atoms with van der Waals surface area (Å²) < 4.78 is 0. The molecule has 0 aromatic heterocycles. The molecular weight excluding hydrogens is 332 g/mol. The van der Waals surface area contributed by atoms with E-state index < -0.39 is 5.97 Å². The number of hydrogen-bond donors (Lipinski definition) is 2. The molecule has 3 N–H and O–H groups in total. The lowest BCUT2D eigenvalue weighted by atomic mass is 9.85. The molecule has 0 unspecified atom stereocenters. The van der Waals surface area contributed by atoms with Crippen molar-refractivity contribution in [2.24, 2.45) is 10.9 Å². The maximum atomic E-state index is 10.7. The van der Waals surface area contributed by atoms with Crippen LogP contribution in [-0.2, 0) is 9.63 Å². The smallest absolute Gasteiger partial charge is 0.145 e. The van der Waals surface area contributed by atoms with Gasteiger partial charge >= 0.3 is 0 Å². The van der Waals surface area contributed by atoms with Crippen LogP contribution in [0.25, 0.3) is 0 Å². The third-order valence-electron chi connectivity index (χ3n) is 4.49. The Morgan fingerprint density at radius 2 is 1.96 bits per heavy atom. The normalized spacial score (nSPS) is 19.2. The van der Waals surface area contributed by atoms with E-state index in [1.54, 1.807) is 12.1 Å². The van der Waals surface area contributed by atoms with Crippen molar-refractivity contribution < 1.29 is 14.7 Å². The summed E-state index contributed by atoms with van der Waals surface area (Å²) in [7, 11) is 0. The van der Waals surface area contributed by atoms with Gasteiger partial charge in [0.15, 0.2) is 0 Å². The molecule has 130 valence electrons. The molecule has 2 aliphatic heterocycles. The SMILES string of the molecule is Cl.N=C(N)c1ccc(C2=NOC3(CCN(CC(=O)[O-])CC3)C2)cc1. The van der Waals surface area contributed by atoms with E-state index in [-0.39, 0.29) is 30.4 Å². The number of likely N-dealkylation sites (tertiary alicyclic amines) is 1. The number of piperidine rings is 1. The minimum Gasteiger partial charge on any atom is -0.549 e. The van der Waals surface area contributed by atoms with Crippen molar-refractivity contribution in [3.8, 4) is 0 Å². The molecule has 0 atom stereocenters. The minimum atomic E-state index is -1.05. The molecule has 0 radical (unpaired) electrons. The summed E-state index contributed by atoms with van der Waals surface area (Å²) >= 11 is 0. The first-order valence-electron chi connectivity index (χ1n) is 7.60. The summed E-state index contributed by atoms with van der Waals surface area (Å²) in [6, 6.07) is 7.38. The average Bonchev–Trinajstić information content (AvgIpc) is 2.94. The number of halogens is 1. The molecule has 0 aliphatic carbocycles. The molecule has 0 saturated carbocycles. The van der Waals surface area contributed by atoms with Gasteiger partial charge in [-0.3, -0.25) is 10.3 Å². The predicted octanol–water partition coefficient (Wildman–Crippen LogP) is 0.101. The maximum Gasteiger partial charge on any atom is 0.145 e. The van der Waals surface area contributed by atoms with Gasteiger partial charge < -0.3 is 20.5 Å². The van der Waals surface area contributed by atoms with Gasteiger partial charge in [-0.25, -0.2) is 0 Å². The molecule has 8 heteroatoms. The van der Waals surface area contributed by atoms with E-state index >= 15 is 0 Å². The number of amidine groups is 1. The molecule has 3 rings (SSSR count). The molecule has 0 bridgehead atoms. The summed E-state index contributed by atoms with van der Waals surface area (Å²) in [6.45, 7) is 1.30. The van der Waals surface area contributed by atoms with Crippen molar-refractivity contribution in [3.63, 3.8) is 0 Å². The number of aliphatic carboxylic acids is 1. The van der Waals surface area contributed by atoms with Crippen LogP contribution < -0.4 is 10.8 Å². The van der Waals surface area contributed by atoms with E-state index in [0.717, 1.165) is 24.1 Å². The second kappa shape index (κ2) is 7.19. The Hall–Kier alpha value is -2.12. The Kier molecular flexibility index (Phi) is 5.46. The van der Waals surface area contributed by atoms with Crippen LogP contribution in [-0.4, -0.2) is 47.7 Å². The number of carbonyl (C=O) groups excluding carboxylic acids is 1. The Balaban J connectivity index is 0.00000208. The van der Waals surface area contributed by atoms with Gasteiger partial charge in [0.05, 0.1) is 11.7 Å². The largest absolute Gasteiger partial charge is 0.549 e. The van der Waals surface area contributed by atoms with Gasteiger partial charge in [0.1, 0.15) is 11.4 Å². The number of rotatable bonds is 4. The Morgan fingerprint density at radius 1 is 1.33 bits per heavy atom. The van der Waals surface area contributed by atoms with Crippen LogP contribution in [0.4, 0.5) is 0 Å². The molecule has 1 saturated heterocycles. The van der Waals surface area contributed by atoms with Crippen LogP contribution in [0.5, 0.6) is 0 Å². The first-order chi connectivity index (χ1) is 11.0. The number of benzene rings is 1. The fourth-order valence-corrected chi connectivity index (χ4v) is 3.09. The van der Waals surface area contributed by atoms with Gasteiger partial charge in [0.2, 0.25) is 0 Å². The lowest BCUT2D eigenvalue weighted by Gasteiger charge is -2.37. The number of nitrogens with one attached hydrogen (secondary N) is 1. The lowest BCUT2D eigenvalue weighted by Crippen LogP contribution is -2.48. The minimum absolute atomic E-state index is 0. The van der Waals surface area contributed by atoms with Crippen molar-refractivity contribution in [2.75, 3.05) is 19.6 Å². The highest BCUT2D eigenvalue weighted by Crippen LogP contribution is 2.36. The highest BCUT2D eigenvalue weighted by molar-refractivity contribution is 6.03. The number of carboxylic acid groups (broad SMARTS) is 1. The predicted molar refractivity (Wildman–Crippen MR) is 90.4 cm³/mol. The van der Waals surface area contributed by atoms with Gasteiger partial charge in [-0.2, -0.15) is 0 Å². The van der Waals surface area contributed by atoms with Gasteiger partial charge in [-0.1, -0.05) is 29.4 Å². The third-order valence-corrected chi connectivity index (χ3v) is 4.49. The van der Waals surface area contributed by atoms with Crippen molar-refractivity contribution in [3.05, 3.63) is 35.4 Å².